The first-order valence-electron chi connectivity index (χ1n) is 5.01. The van der Waals surface area contributed by atoms with Gasteiger partial charge in [0.05, 0.1) is 4.90 Å². The van der Waals surface area contributed by atoms with Crippen LogP contribution in [0.1, 0.15) is 12.5 Å². The number of benzene rings is 1. The van der Waals surface area contributed by atoms with Gasteiger partial charge in [0.1, 0.15) is 0 Å². The number of nitrogens with zero attached hydrogens (tertiary/aromatic N) is 1. The molecule has 0 spiro atoms. The molecule has 0 N–H and O–H groups in total. The highest BCUT2D eigenvalue weighted by atomic mass is 35.5. The first-order chi connectivity index (χ1) is 7.41. The second kappa shape index (κ2) is 5.17. The molecule has 1 atom stereocenters. The molecule has 0 aliphatic heterocycles. The summed E-state index contributed by atoms with van der Waals surface area (Å²) in [5.74, 6) is 0.279. The molecule has 5 heteroatoms. The SMILES string of the molecule is Cc1ccccc1S(=O)(=O)N(C)C(C)CCl. The lowest BCUT2D eigenvalue weighted by molar-refractivity contribution is 0.413. The van der Waals surface area contributed by atoms with Gasteiger partial charge in [0.2, 0.25) is 10.0 Å². The van der Waals surface area contributed by atoms with E-state index in [0.717, 1.165) is 5.56 Å². The van der Waals surface area contributed by atoms with Crippen molar-refractivity contribution < 1.29 is 8.42 Å². The molecule has 1 aromatic carbocycles. The summed E-state index contributed by atoms with van der Waals surface area (Å²) in [6.45, 7) is 3.56. The molecule has 0 fully saturated rings. The van der Waals surface area contributed by atoms with Gasteiger partial charge in [-0.05, 0) is 25.5 Å². The molecule has 90 valence electrons. The van der Waals surface area contributed by atoms with Crippen LogP contribution in [0.5, 0.6) is 0 Å². The van der Waals surface area contributed by atoms with E-state index < -0.39 is 10.0 Å². The molecule has 0 saturated heterocycles. The Morgan fingerprint density at radius 1 is 1.38 bits per heavy atom. The Balaban J connectivity index is 3.17. The van der Waals surface area contributed by atoms with Crippen LogP contribution in [0.15, 0.2) is 29.2 Å². The Hall–Kier alpha value is -0.580. The van der Waals surface area contributed by atoms with Gasteiger partial charge in [-0.1, -0.05) is 18.2 Å². The van der Waals surface area contributed by atoms with E-state index in [0.29, 0.717) is 4.90 Å². The van der Waals surface area contributed by atoms with Gasteiger partial charge in [-0.25, -0.2) is 8.42 Å². The van der Waals surface area contributed by atoms with E-state index in [9.17, 15) is 8.42 Å². The first kappa shape index (κ1) is 13.5. The maximum absolute atomic E-state index is 12.2. The van der Waals surface area contributed by atoms with Gasteiger partial charge in [0.25, 0.3) is 0 Å². The summed E-state index contributed by atoms with van der Waals surface area (Å²) in [4.78, 5) is 0.342. The van der Waals surface area contributed by atoms with E-state index in [1.165, 1.54) is 4.31 Å². The first-order valence-corrected chi connectivity index (χ1v) is 6.98. The number of aryl methyl sites for hydroxylation is 1. The van der Waals surface area contributed by atoms with Crippen molar-refractivity contribution in [2.24, 2.45) is 0 Å². The average molecular weight is 262 g/mol. The van der Waals surface area contributed by atoms with Crippen LogP contribution in [-0.2, 0) is 10.0 Å². The van der Waals surface area contributed by atoms with Crippen LogP contribution in [0.3, 0.4) is 0 Å². The van der Waals surface area contributed by atoms with Gasteiger partial charge in [0, 0.05) is 19.0 Å². The van der Waals surface area contributed by atoms with E-state index in [4.69, 9.17) is 11.6 Å². The lowest BCUT2D eigenvalue weighted by atomic mass is 10.2. The summed E-state index contributed by atoms with van der Waals surface area (Å²) >= 11 is 5.67. The lowest BCUT2D eigenvalue weighted by Gasteiger charge is -2.23. The molecular formula is C11H16ClNO2S. The van der Waals surface area contributed by atoms with Crippen LogP contribution >= 0.6 is 11.6 Å². The number of alkyl halides is 1. The topological polar surface area (TPSA) is 37.4 Å². The van der Waals surface area contributed by atoms with Crippen molar-refractivity contribution in [3.63, 3.8) is 0 Å². The van der Waals surface area contributed by atoms with Gasteiger partial charge in [-0.3, -0.25) is 0 Å². The molecule has 0 aromatic heterocycles. The van der Waals surface area contributed by atoms with Gasteiger partial charge in [-0.15, -0.1) is 11.6 Å². The van der Waals surface area contributed by atoms with E-state index in [1.54, 1.807) is 39.1 Å². The van der Waals surface area contributed by atoms with Gasteiger partial charge < -0.3 is 0 Å². The number of hydrogen-bond acceptors (Lipinski definition) is 2. The predicted octanol–water partition coefficient (Wildman–Crippen LogP) is 2.24. The standard InChI is InChI=1S/C11H16ClNO2S/c1-9-6-4-5-7-11(9)16(14,15)13(3)10(2)8-12/h4-7,10H,8H2,1-3H3. The summed E-state index contributed by atoms with van der Waals surface area (Å²) in [6.07, 6.45) is 0. The Bertz CT molecular complexity index is 459. The predicted molar refractivity (Wildman–Crippen MR) is 66.3 cm³/mol. The fourth-order valence-electron chi connectivity index (χ4n) is 1.34. The smallest absolute Gasteiger partial charge is 0.207 e. The maximum Gasteiger partial charge on any atom is 0.243 e. The van der Waals surface area contributed by atoms with Crippen LogP contribution in [-0.4, -0.2) is 31.7 Å². The number of sulfonamides is 1. The second-order valence-corrected chi connectivity index (χ2v) is 6.06. The third kappa shape index (κ3) is 2.56. The molecule has 0 aliphatic rings. The summed E-state index contributed by atoms with van der Waals surface area (Å²) in [6, 6.07) is 6.72. The molecule has 0 radical (unpaired) electrons. The highest BCUT2D eigenvalue weighted by Crippen LogP contribution is 2.20. The zero-order valence-electron chi connectivity index (χ0n) is 9.64. The minimum atomic E-state index is -3.43. The molecule has 3 nitrogen and oxygen atoms in total. The fraction of sp³-hybridized carbons (Fsp3) is 0.455. The average Bonchev–Trinajstić information content (AvgIpc) is 2.27. The van der Waals surface area contributed by atoms with Crippen LogP contribution in [0.2, 0.25) is 0 Å². The van der Waals surface area contributed by atoms with Crippen LogP contribution in [0, 0.1) is 6.92 Å². The molecular weight excluding hydrogens is 246 g/mol. The summed E-state index contributed by atoms with van der Waals surface area (Å²) in [5.41, 5.74) is 0.746. The Morgan fingerprint density at radius 2 is 1.94 bits per heavy atom. The molecule has 1 aromatic rings. The Labute approximate surface area is 102 Å². The van der Waals surface area contributed by atoms with Crippen molar-refractivity contribution in [1.82, 2.24) is 4.31 Å². The van der Waals surface area contributed by atoms with Crippen molar-refractivity contribution in [3.05, 3.63) is 29.8 Å². The van der Waals surface area contributed by atoms with Crippen molar-refractivity contribution in [1.29, 1.82) is 0 Å². The molecule has 1 unspecified atom stereocenters. The van der Waals surface area contributed by atoms with Crippen molar-refractivity contribution in [3.8, 4) is 0 Å². The quantitative estimate of drug-likeness (QED) is 0.780. The number of hydrogen-bond donors (Lipinski definition) is 0. The van der Waals surface area contributed by atoms with Gasteiger partial charge >= 0.3 is 0 Å². The van der Waals surface area contributed by atoms with Gasteiger partial charge in [-0.2, -0.15) is 4.31 Å². The molecule has 0 saturated carbocycles. The zero-order valence-corrected chi connectivity index (χ0v) is 11.2. The van der Waals surface area contributed by atoms with E-state index in [1.807, 2.05) is 6.07 Å². The lowest BCUT2D eigenvalue weighted by Crippen LogP contribution is -2.36. The summed E-state index contributed by atoms with van der Waals surface area (Å²) < 4.78 is 25.7. The highest BCUT2D eigenvalue weighted by Gasteiger charge is 2.25. The number of rotatable bonds is 4. The fourth-order valence-corrected chi connectivity index (χ4v) is 3.21. The Morgan fingerprint density at radius 3 is 2.44 bits per heavy atom. The van der Waals surface area contributed by atoms with Gasteiger partial charge in [0.15, 0.2) is 0 Å². The molecule has 0 amide bonds. The minimum absolute atomic E-state index is 0.216. The molecule has 1 rings (SSSR count). The zero-order chi connectivity index (χ0) is 12.3. The Kier molecular flexibility index (Phi) is 4.35. The molecule has 0 heterocycles. The highest BCUT2D eigenvalue weighted by molar-refractivity contribution is 7.89. The van der Waals surface area contributed by atoms with Crippen LogP contribution < -0.4 is 0 Å². The minimum Gasteiger partial charge on any atom is -0.207 e. The molecule has 0 bridgehead atoms. The number of halogens is 1. The van der Waals surface area contributed by atoms with Crippen molar-refractivity contribution >= 4 is 21.6 Å². The van der Waals surface area contributed by atoms with E-state index in [-0.39, 0.29) is 11.9 Å². The monoisotopic (exact) mass is 261 g/mol. The largest absolute Gasteiger partial charge is 0.243 e. The normalized spacial score (nSPS) is 14.1. The van der Waals surface area contributed by atoms with Crippen molar-refractivity contribution in [2.75, 3.05) is 12.9 Å². The van der Waals surface area contributed by atoms with Crippen molar-refractivity contribution in [2.45, 2.75) is 24.8 Å². The second-order valence-electron chi connectivity index (χ2n) is 3.79. The van der Waals surface area contributed by atoms with Crippen LogP contribution in [0.4, 0.5) is 0 Å². The van der Waals surface area contributed by atoms with E-state index >= 15 is 0 Å². The summed E-state index contributed by atoms with van der Waals surface area (Å²) in [5, 5.41) is 0. The molecule has 0 aliphatic carbocycles. The summed E-state index contributed by atoms with van der Waals surface area (Å²) in [7, 11) is -1.88. The third-order valence-electron chi connectivity index (χ3n) is 2.59. The third-order valence-corrected chi connectivity index (χ3v) is 5.17. The maximum atomic E-state index is 12.2. The van der Waals surface area contributed by atoms with E-state index in [2.05, 4.69) is 0 Å². The van der Waals surface area contributed by atoms with Crippen LogP contribution in [0.25, 0.3) is 0 Å². The molecule has 16 heavy (non-hydrogen) atoms.